The quantitative estimate of drug-likeness (QED) is 0.495. The molecule has 0 radical (unpaired) electrons. The van der Waals surface area contributed by atoms with Gasteiger partial charge in [0.1, 0.15) is 6.04 Å². The third-order valence-electron chi connectivity index (χ3n) is 4.12. The molecule has 0 aromatic rings. The largest absolute Gasteiger partial charge is 0.466 e. The van der Waals surface area contributed by atoms with E-state index in [9.17, 15) is 19.2 Å². The fourth-order valence-electron chi connectivity index (χ4n) is 3.05. The molecule has 2 unspecified atom stereocenters. The van der Waals surface area contributed by atoms with Crippen molar-refractivity contribution in [2.24, 2.45) is 11.8 Å². The molecular formula is C15H22N2O6. The van der Waals surface area contributed by atoms with Crippen LogP contribution in [0.5, 0.6) is 0 Å². The number of nitrogens with zero attached hydrogens (tertiary/aromatic N) is 1. The van der Waals surface area contributed by atoms with Gasteiger partial charge in [-0.2, -0.15) is 0 Å². The van der Waals surface area contributed by atoms with Gasteiger partial charge in [0.05, 0.1) is 25.0 Å². The molecule has 2 aliphatic heterocycles. The summed E-state index contributed by atoms with van der Waals surface area (Å²) in [6, 6.07) is -1.06. The number of imide groups is 1. The van der Waals surface area contributed by atoms with Gasteiger partial charge < -0.3 is 14.8 Å². The number of hydrogen-bond acceptors (Lipinski definition) is 7. The van der Waals surface area contributed by atoms with Crippen molar-refractivity contribution in [1.82, 2.24) is 10.2 Å². The van der Waals surface area contributed by atoms with E-state index in [4.69, 9.17) is 9.47 Å². The van der Waals surface area contributed by atoms with Crippen LogP contribution in [0.15, 0.2) is 0 Å². The zero-order valence-electron chi connectivity index (χ0n) is 13.4. The first kappa shape index (κ1) is 17.4. The molecule has 8 heteroatoms. The number of amides is 2. The van der Waals surface area contributed by atoms with E-state index in [-0.39, 0.29) is 37.9 Å². The second-order valence-electron chi connectivity index (χ2n) is 5.53. The van der Waals surface area contributed by atoms with Crippen molar-refractivity contribution in [2.75, 3.05) is 26.3 Å². The molecule has 0 bridgehead atoms. The first-order valence-corrected chi connectivity index (χ1v) is 7.91. The van der Waals surface area contributed by atoms with Crippen LogP contribution >= 0.6 is 0 Å². The van der Waals surface area contributed by atoms with Crippen LogP contribution in [0.2, 0.25) is 0 Å². The lowest BCUT2D eigenvalue weighted by Crippen LogP contribution is -2.47. The van der Waals surface area contributed by atoms with Crippen LogP contribution in [0, 0.1) is 11.8 Å². The first-order valence-electron chi connectivity index (χ1n) is 7.91. The molecule has 1 N–H and O–H groups in total. The second-order valence-corrected chi connectivity index (χ2v) is 5.53. The molecule has 0 aliphatic carbocycles. The van der Waals surface area contributed by atoms with Crippen molar-refractivity contribution in [1.29, 1.82) is 0 Å². The zero-order chi connectivity index (χ0) is 17.0. The highest BCUT2D eigenvalue weighted by atomic mass is 16.5. The van der Waals surface area contributed by atoms with Gasteiger partial charge in [-0.25, -0.2) is 4.79 Å². The highest BCUT2D eigenvalue weighted by Gasteiger charge is 2.53. The molecule has 2 rings (SSSR count). The van der Waals surface area contributed by atoms with Gasteiger partial charge in [0.25, 0.3) is 0 Å². The molecule has 2 aliphatic rings. The Hall–Kier alpha value is -1.96. The van der Waals surface area contributed by atoms with Gasteiger partial charge >= 0.3 is 11.9 Å². The van der Waals surface area contributed by atoms with E-state index in [1.165, 1.54) is 0 Å². The van der Waals surface area contributed by atoms with E-state index >= 15 is 0 Å². The number of fused-ring (bicyclic) bond motifs is 1. The van der Waals surface area contributed by atoms with Gasteiger partial charge in [0.15, 0.2) is 0 Å². The topological polar surface area (TPSA) is 102 Å². The Kier molecular flexibility index (Phi) is 5.70. The maximum Gasteiger partial charge on any atom is 0.329 e. The van der Waals surface area contributed by atoms with Crippen molar-refractivity contribution < 1.29 is 28.7 Å². The Morgan fingerprint density at radius 3 is 2.22 bits per heavy atom. The lowest BCUT2D eigenvalue weighted by atomic mass is 10.00. The molecule has 2 amide bonds. The van der Waals surface area contributed by atoms with Gasteiger partial charge in [-0.05, 0) is 20.3 Å². The van der Waals surface area contributed by atoms with E-state index in [2.05, 4.69) is 5.32 Å². The molecule has 2 heterocycles. The summed E-state index contributed by atoms with van der Waals surface area (Å²) in [5, 5.41) is 3.01. The van der Waals surface area contributed by atoms with Crippen molar-refractivity contribution in [3.05, 3.63) is 0 Å². The minimum atomic E-state index is -1.06. The Balaban J connectivity index is 2.13. The number of likely N-dealkylation sites (tertiary alicyclic amines) is 1. The molecule has 23 heavy (non-hydrogen) atoms. The average Bonchev–Trinajstić information content (AvgIpc) is 3.07. The van der Waals surface area contributed by atoms with E-state index in [1.807, 2.05) is 0 Å². The second kappa shape index (κ2) is 7.54. The smallest absolute Gasteiger partial charge is 0.329 e. The molecule has 0 aromatic carbocycles. The molecule has 2 fully saturated rings. The number of ether oxygens (including phenoxy) is 2. The fourth-order valence-corrected chi connectivity index (χ4v) is 3.05. The summed E-state index contributed by atoms with van der Waals surface area (Å²) in [6.45, 7) is 4.56. The van der Waals surface area contributed by atoms with Gasteiger partial charge in [-0.1, -0.05) is 0 Å². The van der Waals surface area contributed by atoms with Crippen molar-refractivity contribution in [3.8, 4) is 0 Å². The standard InChI is InChI=1S/C15H22N2O6/c1-3-22-12(18)6-5-11(15(21)23-4-2)17-13(19)9-7-16-8-10(9)14(17)20/h9-11,16H,3-8H2,1-2H3/t9?,10?,11-/m0/s1. The number of rotatable bonds is 7. The molecule has 0 saturated carbocycles. The van der Waals surface area contributed by atoms with Crippen LogP contribution in [-0.4, -0.2) is 61.0 Å². The van der Waals surface area contributed by atoms with Crippen LogP contribution in [0.1, 0.15) is 26.7 Å². The fraction of sp³-hybridized carbons (Fsp3) is 0.733. The summed E-state index contributed by atoms with van der Waals surface area (Å²) < 4.78 is 9.81. The van der Waals surface area contributed by atoms with Crippen LogP contribution in [-0.2, 0) is 28.7 Å². The van der Waals surface area contributed by atoms with Crippen molar-refractivity contribution in [3.63, 3.8) is 0 Å². The van der Waals surface area contributed by atoms with Gasteiger partial charge in [-0.3, -0.25) is 19.3 Å². The van der Waals surface area contributed by atoms with E-state index in [1.54, 1.807) is 13.8 Å². The number of nitrogens with one attached hydrogen (secondary N) is 1. The third kappa shape index (κ3) is 3.52. The molecular weight excluding hydrogens is 304 g/mol. The van der Waals surface area contributed by atoms with E-state index in [0.717, 1.165) is 4.90 Å². The summed E-state index contributed by atoms with van der Waals surface area (Å²) in [6.07, 6.45) is -0.0377. The van der Waals surface area contributed by atoms with Crippen LogP contribution in [0.3, 0.4) is 0 Å². The maximum absolute atomic E-state index is 12.5. The van der Waals surface area contributed by atoms with Crippen LogP contribution in [0.25, 0.3) is 0 Å². The number of hydrogen-bond donors (Lipinski definition) is 1. The Labute approximate surface area is 134 Å². The summed E-state index contributed by atoms with van der Waals surface area (Å²) in [5.41, 5.74) is 0. The lowest BCUT2D eigenvalue weighted by molar-refractivity contribution is -0.160. The van der Waals surface area contributed by atoms with Gasteiger partial charge in [0, 0.05) is 19.5 Å². The van der Waals surface area contributed by atoms with E-state index in [0.29, 0.717) is 13.1 Å². The summed E-state index contributed by atoms with van der Waals surface area (Å²) in [7, 11) is 0. The van der Waals surface area contributed by atoms with Crippen LogP contribution in [0.4, 0.5) is 0 Å². The molecule has 2 saturated heterocycles. The molecule has 0 spiro atoms. The number of esters is 2. The average molecular weight is 326 g/mol. The third-order valence-corrected chi connectivity index (χ3v) is 4.12. The zero-order valence-corrected chi connectivity index (χ0v) is 13.4. The summed E-state index contributed by atoms with van der Waals surface area (Å²) in [5.74, 6) is -2.72. The molecule has 3 atom stereocenters. The predicted molar refractivity (Wildman–Crippen MR) is 78.0 cm³/mol. The first-order chi connectivity index (χ1) is 11.0. The normalized spacial score (nSPS) is 24.5. The number of carbonyl (C=O) groups is 4. The Bertz CT molecular complexity index is 484. The summed E-state index contributed by atoms with van der Waals surface area (Å²) in [4.78, 5) is 49.6. The summed E-state index contributed by atoms with van der Waals surface area (Å²) >= 11 is 0. The minimum absolute atomic E-state index is 0.0159. The minimum Gasteiger partial charge on any atom is -0.466 e. The maximum atomic E-state index is 12.5. The van der Waals surface area contributed by atoms with Crippen molar-refractivity contribution in [2.45, 2.75) is 32.7 Å². The monoisotopic (exact) mass is 326 g/mol. The molecule has 0 aromatic heterocycles. The van der Waals surface area contributed by atoms with Crippen molar-refractivity contribution >= 4 is 23.8 Å². The van der Waals surface area contributed by atoms with Gasteiger partial charge in [-0.15, -0.1) is 0 Å². The highest BCUT2D eigenvalue weighted by molar-refractivity contribution is 6.08. The van der Waals surface area contributed by atoms with Crippen LogP contribution < -0.4 is 5.32 Å². The predicted octanol–water partition coefficient (Wildman–Crippen LogP) is -0.534. The number of carbonyl (C=O) groups excluding carboxylic acids is 4. The van der Waals surface area contributed by atoms with E-state index < -0.39 is 29.8 Å². The Morgan fingerprint density at radius 1 is 1.13 bits per heavy atom. The van der Waals surface area contributed by atoms with Gasteiger partial charge in [0.2, 0.25) is 11.8 Å². The molecule has 128 valence electrons. The Morgan fingerprint density at radius 2 is 1.70 bits per heavy atom. The lowest BCUT2D eigenvalue weighted by Gasteiger charge is -2.25. The highest BCUT2D eigenvalue weighted by Crippen LogP contribution is 2.32. The SMILES string of the molecule is CCOC(=O)CC[C@@H](C(=O)OCC)N1C(=O)C2CNCC2C1=O. The molecule has 8 nitrogen and oxygen atoms in total.